The molecule has 2 nitrogen and oxygen atoms in total. The number of hydrogen-bond acceptors (Lipinski definition) is 3. The van der Waals surface area contributed by atoms with Crippen molar-refractivity contribution in [3.05, 3.63) is 50.6 Å². The van der Waals surface area contributed by atoms with Crippen molar-refractivity contribution in [2.75, 3.05) is 7.11 Å². The Morgan fingerprint density at radius 1 is 1.28 bits per heavy atom. The SMILES string of the molecule is COc1ccc(CC(C)(O)c2cscc2Br)cc1. The molecule has 0 saturated carbocycles. The lowest BCUT2D eigenvalue weighted by Gasteiger charge is -2.23. The summed E-state index contributed by atoms with van der Waals surface area (Å²) in [6.07, 6.45) is 0.576. The van der Waals surface area contributed by atoms with Crippen LogP contribution in [0.4, 0.5) is 0 Å². The van der Waals surface area contributed by atoms with Crippen molar-refractivity contribution in [3.63, 3.8) is 0 Å². The lowest BCUT2D eigenvalue weighted by molar-refractivity contribution is 0.0573. The van der Waals surface area contributed by atoms with Gasteiger partial charge in [0.1, 0.15) is 5.75 Å². The van der Waals surface area contributed by atoms with Crippen molar-refractivity contribution in [3.8, 4) is 5.75 Å². The smallest absolute Gasteiger partial charge is 0.118 e. The van der Waals surface area contributed by atoms with Gasteiger partial charge in [-0.25, -0.2) is 0 Å². The van der Waals surface area contributed by atoms with E-state index in [1.54, 1.807) is 18.4 Å². The topological polar surface area (TPSA) is 29.5 Å². The van der Waals surface area contributed by atoms with E-state index >= 15 is 0 Å². The van der Waals surface area contributed by atoms with Crippen LogP contribution in [0.15, 0.2) is 39.5 Å². The predicted octanol–water partition coefficient (Wildman–Crippen LogP) is 3.97. The molecule has 18 heavy (non-hydrogen) atoms. The average Bonchev–Trinajstić information content (AvgIpc) is 2.77. The minimum atomic E-state index is -0.868. The van der Waals surface area contributed by atoms with Gasteiger partial charge in [-0.3, -0.25) is 0 Å². The molecule has 1 N–H and O–H groups in total. The number of ether oxygens (including phenoxy) is 1. The Balaban J connectivity index is 2.19. The van der Waals surface area contributed by atoms with Gasteiger partial charge in [0.2, 0.25) is 0 Å². The summed E-state index contributed by atoms with van der Waals surface area (Å²) in [5.41, 5.74) is 1.15. The summed E-state index contributed by atoms with van der Waals surface area (Å²) < 4.78 is 6.09. The number of aliphatic hydroxyl groups is 1. The lowest BCUT2D eigenvalue weighted by atomic mass is 9.91. The molecule has 1 aromatic carbocycles. The van der Waals surface area contributed by atoms with E-state index in [-0.39, 0.29) is 0 Å². The van der Waals surface area contributed by atoms with Gasteiger partial charge in [-0.05, 0) is 45.9 Å². The highest BCUT2D eigenvalue weighted by atomic mass is 79.9. The van der Waals surface area contributed by atoms with Gasteiger partial charge in [-0.1, -0.05) is 12.1 Å². The second-order valence-electron chi connectivity index (χ2n) is 4.43. The quantitative estimate of drug-likeness (QED) is 0.921. The summed E-state index contributed by atoms with van der Waals surface area (Å²) >= 11 is 5.05. The van der Waals surface area contributed by atoms with Crippen LogP contribution in [0.2, 0.25) is 0 Å². The van der Waals surface area contributed by atoms with Crippen LogP contribution in [-0.4, -0.2) is 12.2 Å². The summed E-state index contributed by atoms with van der Waals surface area (Å²) in [4.78, 5) is 0. The van der Waals surface area contributed by atoms with E-state index in [0.29, 0.717) is 6.42 Å². The van der Waals surface area contributed by atoms with Crippen LogP contribution in [0.1, 0.15) is 18.1 Å². The molecule has 0 radical (unpaired) electrons. The first-order valence-corrected chi connectivity index (χ1v) is 7.34. The molecule has 2 aromatic rings. The molecule has 0 saturated heterocycles. The van der Waals surface area contributed by atoms with Crippen LogP contribution >= 0.6 is 27.3 Å². The third-order valence-corrected chi connectivity index (χ3v) is 4.61. The molecule has 1 unspecified atom stereocenters. The molecule has 1 aromatic heterocycles. The van der Waals surface area contributed by atoms with Gasteiger partial charge in [0.25, 0.3) is 0 Å². The molecule has 96 valence electrons. The van der Waals surface area contributed by atoms with Gasteiger partial charge >= 0.3 is 0 Å². The predicted molar refractivity (Wildman–Crippen MR) is 78.3 cm³/mol. The minimum absolute atomic E-state index is 0.576. The van der Waals surface area contributed by atoms with Gasteiger partial charge < -0.3 is 9.84 Å². The molecule has 0 aliphatic carbocycles. The second kappa shape index (κ2) is 5.43. The highest BCUT2D eigenvalue weighted by molar-refractivity contribution is 9.10. The molecular formula is C14H15BrO2S. The van der Waals surface area contributed by atoms with Crippen LogP contribution in [0, 0.1) is 0 Å². The van der Waals surface area contributed by atoms with E-state index in [0.717, 1.165) is 21.3 Å². The van der Waals surface area contributed by atoms with E-state index < -0.39 is 5.60 Å². The van der Waals surface area contributed by atoms with Crippen molar-refractivity contribution in [1.29, 1.82) is 0 Å². The summed E-state index contributed by atoms with van der Waals surface area (Å²) in [7, 11) is 1.65. The van der Waals surface area contributed by atoms with Crippen molar-refractivity contribution >= 4 is 27.3 Å². The number of thiophene rings is 1. The maximum Gasteiger partial charge on any atom is 0.118 e. The monoisotopic (exact) mass is 326 g/mol. The fourth-order valence-electron chi connectivity index (χ4n) is 1.90. The van der Waals surface area contributed by atoms with Crippen LogP contribution < -0.4 is 4.74 Å². The normalized spacial score (nSPS) is 14.2. The number of benzene rings is 1. The summed E-state index contributed by atoms with van der Waals surface area (Å²) in [5, 5.41) is 14.5. The molecule has 0 bridgehead atoms. The Morgan fingerprint density at radius 3 is 2.44 bits per heavy atom. The molecular weight excluding hydrogens is 312 g/mol. The van der Waals surface area contributed by atoms with Gasteiger partial charge in [0, 0.05) is 21.8 Å². The standard InChI is InChI=1S/C14H15BrO2S/c1-14(16,12-8-18-9-13(12)15)7-10-3-5-11(17-2)6-4-10/h3-6,8-9,16H,7H2,1-2H3. The van der Waals surface area contributed by atoms with Crippen LogP contribution in [-0.2, 0) is 12.0 Å². The molecule has 2 rings (SSSR count). The Labute approximate surface area is 119 Å². The second-order valence-corrected chi connectivity index (χ2v) is 6.03. The van der Waals surface area contributed by atoms with Crippen LogP contribution in [0.5, 0.6) is 5.75 Å². The molecule has 4 heteroatoms. The molecule has 0 aliphatic heterocycles. The maximum absolute atomic E-state index is 10.6. The number of hydrogen-bond donors (Lipinski definition) is 1. The molecule has 0 amide bonds. The van der Waals surface area contributed by atoms with E-state index in [2.05, 4.69) is 15.9 Å². The van der Waals surface area contributed by atoms with Gasteiger partial charge in [-0.15, -0.1) is 0 Å². The van der Waals surface area contributed by atoms with Crippen molar-refractivity contribution in [2.45, 2.75) is 18.9 Å². The molecule has 1 heterocycles. The van der Waals surface area contributed by atoms with Crippen molar-refractivity contribution < 1.29 is 9.84 Å². The summed E-state index contributed by atoms with van der Waals surface area (Å²) in [6, 6.07) is 7.78. The first kappa shape index (κ1) is 13.6. The highest BCUT2D eigenvalue weighted by Crippen LogP contribution is 2.34. The fraction of sp³-hybridized carbons (Fsp3) is 0.286. The molecule has 0 fully saturated rings. The third-order valence-electron chi connectivity index (χ3n) is 2.90. The zero-order chi connectivity index (χ0) is 13.2. The lowest BCUT2D eigenvalue weighted by Crippen LogP contribution is -2.24. The number of halogens is 1. The Hall–Kier alpha value is -0.840. The van der Waals surface area contributed by atoms with E-state index in [9.17, 15) is 5.11 Å². The Kier molecular flexibility index (Phi) is 4.10. The molecule has 1 atom stereocenters. The van der Waals surface area contributed by atoms with Crippen LogP contribution in [0.3, 0.4) is 0 Å². The fourth-order valence-corrected chi connectivity index (χ4v) is 3.75. The van der Waals surface area contributed by atoms with Gasteiger partial charge in [0.15, 0.2) is 0 Å². The highest BCUT2D eigenvalue weighted by Gasteiger charge is 2.26. The van der Waals surface area contributed by atoms with Gasteiger partial charge in [0.05, 0.1) is 12.7 Å². The zero-order valence-electron chi connectivity index (χ0n) is 10.3. The third kappa shape index (κ3) is 2.94. The molecule has 0 spiro atoms. The summed E-state index contributed by atoms with van der Waals surface area (Å²) in [5.74, 6) is 0.829. The largest absolute Gasteiger partial charge is 0.497 e. The van der Waals surface area contributed by atoms with Crippen molar-refractivity contribution in [2.24, 2.45) is 0 Å². The van der Waals surface area contributed by atoms with E-state index in [4.69, 9.17) is 4.74 Å². The maximum atomic E-state index is 10.6. The van der Waals surface area contributed by atoms with Crippen LogP contribution in [0.25, 0.3) is 0 Å². The number of rotatable bonds is 4. The summed E-state index contributed by atoms with van der Waals surface area (Å²) in [6.45, 7) is 1.84. The Bertz CT molecular complexity index is 517. The van der Waals surface area contributed by atoms with E-state index in [1.165, 1.54) is 0 Å². The van der Waals surface area contributed by atoms with E-state index in [1.807, 2.05) is 41.9 Å². The average molecular weight is 327 g/mol. The van der Waals surface area contributed by atoms with Gasteiger partial charge in [-0.2, -0.15) is 11.3 Å². The number of methoxy groups -OCH3 is 1. The minimum Gasteiger partial charge on any atom is -0.497 e. The first-order chi connectivity index (χ1) is 8.53. The first-order valence-electron chi connectivity index (χ1n) is 5.60. The Morgan fingerprint density at radius 2 is 1.94 bits per heavy atom. The zero-order valence-corrected chi connectivity index (χ0v) is 12.7. The van der Waals surface area contributed by atoms with Crippen molar-refractivity contribution in [1.82, 2.24) is 0 Å². The molecule has 0 aliphatic rings.